The molecule has 1 fully saturated rings. The number of hydrogen-bond donors (Lipinski definition) is 0. The minimum Gasteiger partial charge on any atom is -0.489 e. The molecule has 0 atom stereocenters. The molecule has 0 N–H and O–H groups in total. The van der Waals surface area contributed by atoms with E-state index in [-0.39, 0.29) is 11.9 Å². The lowest BCUT2D eigenvalue weighted by Gasteiger charge is -2.07. The second kappa shape index (κ2) is 11.4. The summed E-state index contributed by atoms with van der Waals surface area (Å²) >= 11 is 4.74. The third-order valence-electron chi connectivity index (χ3n) is 5.10. The molecule has 0 aliphatic carbocycles. The number of amidine groups is 1. The van der Waals surface area contributed by atoms with E-state index in [9.17, 15) is 9.59 Å². The lowest BCUT2D eigenvalue weighted by Crippen LogP contribution is -2.23. The second-order valence-electron chi connectivity index (χ2n) is 7.62. The normalized spacial score (nSPS) is 15.6. The zero-order chi connectivity index (χ0) is 24.8. The van der Waals surface area contributed by atoms with Gasteiger partial charge in [-0.15, -0.1) is 0 Å². The maximum Gasteiger partial charge on any atom is 0.338 e. The first kappa shape index (κ1) is 24.8. The number of benzene rings is 3. The van der Waals surface area contributed by atoms with Crippen LogP contribution in [-0.4, -0.2) is 35.6 Å². The van der Waals surface area contributed by atoms with Gasteiger partial charge >= 0.3 is 5.97 Å². The fourth-order valence-electron chi connectivity index (χ4n) is 3.21. The van der Waals surface area contributed by atoms with Crippen LogP contribution in [-0.2, 0) is 16.1 Å². The molecule has 0 bridgehead atoms. The Kier molecular flexibility index (Phi) is 8.05. The van der Waals surface area contributed by atoms with E-state index < -0.39 is 0 Å². The molecule has 0 unspecified atom stereocenters. The number of rotatable bonds is 7. The summed E-state index contributed by atoms with van der Waals surface area (Å²) in [5, 5.41) is 0.569. The highest BCUT2D eigenvalue weighted by Crippen LogP contribution is 2.33. The summed E-state index contributed by atoms with van der Waals surface area (Å²) in [5.41, 5.74) is 3.08. The number of ether oxygens (including phenoxy) is 2. The first-order valence-electron chi connectivity index (χ1n) is 10.9. The molecule has 1 aliphatic heterocycles. The number of hydrogen-bond acceptors (Lipinski definition) is 6. The van der Waals surface area contributed by atoms with E-state index >= 15 is 0 Å². The molecule has 8 heteroatoms. The van der Waals surface area contributed by atoms with Gasteiger partial charge in [0.25, 0.3) is 5.91 Å². The van der Waals surface area contributed by atoms with Crippen LogP contribution in [0.15, 0.2) is 87.2 Å². The smallest absolute Gasteiger partial charge is 0.338 e. The number of halogens is 1. The molecular formula is C27H23BrN2O4S. The van der Waals surface area contributed by atoms with E-state index in [1.165, 1.54) is 16.7 Å². The quantitative estimate of drug-likeness (QED) is 0.250. The fourth-order valence-corrected chi connectivity index (χ4v) is 4.46. The first-order valence-corrected chi connectivity index (χ1v) is 12.5. The zero-order valence-corrected chi connectivity index (χ0v) is 21.6. The van der Waals surface area contributed by atoms with Crippen molar-refractivity contribution >= 4 is 56.5 Å². The lowest BCUT2D eigenvalue weighted by atomic mass is 10.2. The first-order chi connectivity index (χ1) is 16.9. The van der Waals surface area contributed by atoms with E-state index in [1.54, 1.807) is 38.2 Å². The van der Waals surface area contributed by atoms with E-state index in [0.717, 1.165) is 21.3 Å². The van der Waals surface area contributed by atoms with Crippen LogP contribution >= 0.6 is 27.7 Å². The Morgan fingerprint density at radius 1 is 1.03 bits per heavy atom. The van der Waals surface area contributed by atoms with Crippen molar-refractivity contribution in [1.82, 2.24) is 4.90 Å². The summed E-state index contributed by atoms with van der Waals surface area (Å²) in [6.45, 7) is 2.57. The Bertz CT molecular complexity index is 1270. The minimum atomic E-state index is -0.371. The van der Waals surface area contributed by atoms with Gasteiger partial charge < -0.3 is 9.47 Å². The molecule has 0 saturated carbocycles. The summed E-state index contributed by atoms with van der Waals surface area (Å²) in [6, 6.07) is 22.4. The van der Waals surface area contributed by atoms with Crippen molar-refractivity contribution in [2.45, 2.75) is 13.5 Å². The number of carbonyl (C=O) groups excluding carboxylic acids is 2. The number of nitrogens with zero attached hydrogens (tertiary/aromatic N) is 2. The number of esters is 1. The van der Waals surface area contributed by atoms with E-state index in [2.05, 4.69) is 20.9 Å². The van der Waals surface area contributed by atoms with Gasteiger partial charge in [0.15, 0.2) is 5.17 Å². The highest BCUT2D eigenvalue weighted by atomic mass is 79.9. The van der Waals surface area contributed by atoms with Crippen LogP contribution in [0.5, 0.6) is 5.75 Å². The van der Waals surface area contributed by atoms with Gasteiger partial charge in [0.05, 0.1) is 22.8 Å². The highest BCUT2D eigenvalue weighted by Gasteiger charge is 2.30. The number of likely N-dealkylation sites (N-methyl/N-ethyl adjacent to an activating group) is 1. The summed E-state index contributed by atoms with van der Waals surface area (Å²) < 4.78 is 11.9. The Balaban J connectivity index is 1.41. The highest BCUT2D eigenvalue weighted by molar-refractivity contribution is 9.10. The molecule has 1 saturated heterocycles. The average molecular weight is 551 g/mol. The van der Waals surface area contributed by atoms with Gasteiger partial charge in [-0.25, -0.2) is 9.79 Å². The van der Waals surface area contributed by atoms with Gasteiger partial charge in [0.1, 0.15) is 12.4 Å². The van der Waals surface area contributed by atoms with Crippen LogP contribution in [0.4, 0.5) is 5.69 Å². The fraction of sp³-hybridized carbons (Fsp3) is 0.148. The van der Waals surface area contributed by atoms with Crippen LogP contribution in [0.3, 0.4) is 0 Å². The van der Waals surface area contributed by atoms with Crippen molar-refractivity contribution in [3.63, 3.8) is 0 Å². The van der Waals surface area contributed by atoms with Gasteiger partial charge in [0, 0.05) is 11.5 Å². The minimum absolute atomic E-state index is 0.118. The Morgan fingerprint density at radius 2 is 1.71 bits per heavy atom. The standard InChI is InChI=1S/C27H23BrN2O4S/c1-3-33-26(32)20-8-12-22(13-9-20)29-27-30(2)25(31)24(35-27)16-18-6-14-23(15-7-18)34-17-19-4-10-21(28)11-5-19/h4-16H,3,17H2,1-2H3/b24-16-,29-27?. The van der Waals surface area contributed by atoms with Crippen LogP contribution in [0.25, 0.3) is 6.08 Å². The van der Waals surface area contributed by atoms with E-state index in [1.807, 2.05) is 54.6 Å². The summed E-state index contributed by atoms with van der Waals surface area (Å²) in [6.07, 6.45) is 1.84. The average Bonchev–Trinajstić information content (AvgIpc) is 3.12. The molecule has 0 aromatic heterocycles. The lowest BCUT2D eigenvalue weighted by molar-refractivity contribution is -0.121. The van der Waals surface area contributed by atoms with Gasteiger partial charge in [-0.05, 0) is 84.4 Å². The molecule has 1 amide bonds. The van der Waals surface area contributed by atoms with Gasteiger partial charge in [-0.2, -0.15) is 0 Å². The molecule has 3 aromatic rings. The summed E-state index contributed by atoms with van der Waals surface area (Å²) in [4.78, 5) is 31.2. The molecule has 1 heterocycles. The van der Waals surface area contributed by atoms with Crippen LogP contribution in [0.1, 0.15) is 28.4 Å². The Hall–Kier alpha value is -3.36. The Morgan fingerprint density at radius 3 is 2.37 bits per heavy atom. The summed E-state index contributed by atoms with van der Waals surface area (Å²) in [5.74, 6) is 0.266. The van der Waals surface area contributed by atoms with Crippen molar-refractivity contribution in [2.75, 3.05) is 13.7 Å². The third kappa shape index (κ3) is 6.41. The van der Waals surface area contributed by atoms with Crippen LogP contribution in [0, 0.1) is 0 Å². The molecule has 4 rings (SSSR count). The molecule has 6 nitrogen and oxygen atoms in total. The van der Waals surface area contributed by atoms with E-state index in [0.29, 0.717) is 34.5 Å². The van der Waals surface area contributed by atoms with Crippen molar-refractivity contribution < 1.29 is 19.1 Å². The van der Waals surface area contributed by atoms with Crippen molar-refractivity contribution in [1.29, 1.82) is 0 Å². The molecular weight excluding hydrogens is 528 g/mol. The van der Waals surface area contributed by atoms with Crippen LogP contribution < -0.4 is 4.74 Å². The van der Waals surface area contributed by atoms with E-state index in [4.69, 9.17) is 9.47 Å². The third-order valence-corrected chi connectivity index (χ3v) is 6.69. The maximum absolute atomic E-state index is 12.7. The van der Waals surface area contributed by atoms with Crippen LogP contribution in [0.2, 0.25) is 0 Å². The number of carbonyl (C=O) groups is 2. The Labute approximate surface area is 216 Å². The predicted octanol–water partition coefficient (Wildman–Crippen LogP) is 6.44. The molecule has 178 valence electrons. The number of thioether (sulfide) groups is 1. The molecule has 1 aliphatic rings. The topological polar surface area (TPSA) is 68.2 Å². The molecule has 0 radical (unpaired) electrons. The monoisotopic (exact) mass is 550 g/mol. The predicted molar refractivity (Wildman–Crippen MR) is 143 cm³/mol. The molecule has 3 aromatic carbocycles. The van der Waals surface area contributed by atoms with Crippen molar-refractivity contribution in [3.05, 3.63) is 98.9 Å². The van der Waals surface area contributed by atoms with Gasteiger partial charge in [-0.1, -0.05) is 40.2 Å². The zero-order valence-electron chi connectivity index (χ0n) is 19.2. The summed E-state index contributed by atoms with van der Waals surface area (Å²) in [7, 11) is 1.70. The number of aliphatic imine (C=N–C) groups is 1. The SMILES string of the molecule is CCOC(=O)c1ccc(N=C2S/C(=C\c3ccc(OCc4ccc(Br)cc4)cc3)C(=O)N2C)cc1. The van der Waals surface area contributed by atoms with Gasteiger partial charge in [-0.3, -0.25) is 9.69 Å². The van der Waals surface area contributed by atoms with Crippen molar-refractivity contribution in [3.8, 4) is 5.75 Å². The molecule has 0 spiro atoms. The number of amides is 1. The molecule has 35 heavy (non-hydrogen) atoms. The largest absolute Gasteiger partial charge is 0.489 e. The van der Waals surface area contributed by atoms with Gasteiger partial charge in [0.2, 0.25) is 0 Å². The van der Waals surface area contributed by atoms with Crippen molar-refractivity contribution in [2.24, 2.45) is 4.99 Å². The maximum atomic E-state index is 12.7. The second-order valence-corrected chi connectivity index (χ2v) is 9.55.